The van der Waals surface area contributed by atoms with Gasteiger partial charge in [0.1, 0.15) is 29.5 Å². The van der Waals surface area contributed by atoms with Gasteiger partial charge in [0.05, 0.1) is 30.2 Å². The molecule has 4 amide bonds. The minimum atomic E-state index is -3.71. The molecule has 2 saturated carbocycles. The maximum absolute atomic E-state index is 15.2. The second-order valence-electron chi connectivity index (χ2n) is 20.2. The first-order valence-electron chi connectivity index (χ1n) is 23.4. The van der Waals surface area contributed by atoms with Gasteiger partial charge in [-0.3, -0.25) is 19.1 Å². The van der Waals surface area contributed by atoms with Crippen LogP contribution < -0.4 is 30.0 Å². The lowest BCUT2D eigenvalue weighted by Gasteiger charge is -2.32. The second kappa shape index (κ2) is 20.8. The molecule has 366 valence electrons. The Bertz CT molecular complexity index is 2430. The summed E-state index contributed by atoms with van der Waals surface area (Å²) in [6.45, 7) is 14.5. The number of carbonyl (C=O) groups is 4. The Kier molecular flexibility index (Phi) is 15.8. The zero-order valence-electron chi connectivity index (χ0n) is 40.2. The highest BCUT2D eigenvalue weighted by Crippen LogP contribution is 2.43. The minimum absolute atomic E-state index is 0.0172. The van der Waals surface area contributed by atoms with Crippen LogP contribution in [-0.4, -0.2) is 90.4 Å². The van der Waals surface area contributed by atoms with Gasteiger partial charge in [-0.2, -0.15) is 0 Å². The number of hydrogen-bond acceptors (Lipinski definition) is 11. The lowest BCUT2D eigenvalue weighted by atomic mass is 9.87. The molecule has 1 saturated heterocycles. The minimum Gasteiger partial charge on any atom is -0.494 e. The van der Waals surface area contributed by atoms with Crippen LogP contribution in [0.25, 0.3) is 22.0 Å². The summed E-state index contributed by atoms with van der Waals surface area (Å²) in [7, 11) is -2.34. The fourth-order valence-electron chi connectivity index (χ4n) is 9.07. The van der Waals surface area contributed by atoms with E-state index in [1.165, 1.54) is 18.1 Å². The van der Waals surface area contributed by atoms with Gasteiger partial charge in [0.25, 0.3) is 0 Å². The van der Waals surface area contributed by atoms with Gasteiger partial charge in [0.2, 0.25) is 33.6 Å². The van der Waals surface area contributed by atoms with Gasteiger partial charge in [-0.05, 0) is 152 Å². The summed E-state index contributed by atoms with van der Waals surface area (Å²) in [4.78, 5) is 60.3. The molecule has 6 rings (SSSR count). The molecule has 7 atom stereocenters. The number of primary amides is 1. The van der Waals surface area contributed by atoms with Gasteiger partial charge in [-0.1, -0.05) is 32.4 Å². The van der Waals surface area contributed by atoms with Gasteiger partial charge in [0, 0.05) is 23.3 Å². The number of benzene rings is 2. The van der Waals surface area contributed by atoms with E-state index in [1.54, 1.807) is 39.8 Å². The zero-order chi connectivity index (χ0) is 49.0. The number of alkyl carbamates (subject to hydrolysis) is 1. The van der Waals surface area contributed by atoms with Crippen molar-refractivity contribution < 1.29 is 50.9 Å². The largest absolute Gasteiger partial charge is 0.494 e. The molecule has 15 nitrogen and oxygen atoms in total. The molecule has 3 fully saturated rings. The molecular formula is C50H68FN5O10S. The number of fused-ring (bicyclic) bond motifs is 1. The van der Waals surface area contributed by atoms with Crippen LogP contribution in [0, 0.1) is 29.5 Å². The number of carbonyl (C=O) groups excluding carboxylic acids is 4. The summed E-state index contributed by atoms with van der Waals surface area (Å²) < 4.78 is 65.3. The third-order valence-corrected chi connectivity index (χ3v) is 15.2. The molecular weight excluding hydrogens is 882 g/mol. The van der Waals surface area contributed by atoms with E-state index in [0.29, 0.717) is 54.3 Å². The van der Waals surface area contributed by atoms with Crippen molar-refractivity contribution in [1.82, 2.24) is 19.9 Å². The summed E-state index contributed by atoms with van der Waals surface area (Å²) in [5.74, 6) is -2.37. The smallest absolute Gasteiger partial charge is 0.408 e. The monoisotopic (exact) mass is 949 g/mol. The molecule has 0 radical (unpaired) electrons. The van der Waals surface area contributed by atoms with Crippen LogP contribution in [-0.2, 0) is 29.1 Å². The highest BCUT2D eigenvalue weighted by Gasteiger charge is 2.51. The lowest BCUT2D eigenvalue weighted by Crippen LogP contribution is -2.56. The summed E-state index contributed by atoms with van der Waals surface area (Å²) in [5.41, 5.74) is 6.34. The van der Waals surface area contributed by atoms with Crippen molar-refractivity contribution >= 4 is 44.6 Å². The number of halogens is 1. The molecule has 17 heteroatoms. The van der Waals surface area contributed by atoms with Crippen molar-refractivity contribution in [2.24, 2.45) is 29.4 Å². The molecule has 2 aromatic carbocycles. The van der Waals surface area contributed by atoms with Crippen LogP contribution in [0.3, 0.4) is 0 Å². The van der Waals surface area contributed by atoms with Crippen LogP contribution in [0.5, 0.6) is 17.4 Å². The van der Waals surface area contributed by atoms with E-state index in [4.69, 9.17) is 29.7 Å². The van der Waals surface area contributed by atoms with Gasteiger partial charge in [0.15, 0.2) is 11.6 Å². The van der Waals surface area contributed by atoms with Crippen molar-refractivity contribution in [2.45, 2.75) is 148 Å². The van der Waals surface area contributed by atoms with Gasteiger partial charge >= 0.3 is 6.09 Å². The Hall–Kier alpha value is -5.45. The average molecular weight is 950 g/mol. The van der Waals surface area contributed by atoms with Crippen molar-refractivity contribution in [3.05, 3.63) is 60.4 Å². The van der Waals surface area contributed by atoms with Crippen LogP contribution in [0.2, 0.25) is 0 Å². The van der Waals surface area contributed by atoms with Gasteiger partial charge in [-0.25, -0.2) is 22.6 Å². The number of allylic oxidation sites excluding steroid dienone is 2. The summed E-state index contributed by atoms with van der Waals surface area (Å²) in [5, 5.41) is 3.73. The number of methoxy groups -OCH3 is 1. The Morgan fingerprint density at radius 1 is 1.04 bits per heavy atom. The van der Waals surface area contributed by atoms with Crippen molar-refractivity contribution in [3.8, 4) is 28.6 Å². The molecule has 3 aliphatic rings. The molecule has 67 heavy (non-hydrogen) atoms. The first-order chi connectivity index (χ1) is 31.5. The molecule has 3 aromatic rings. The Morgan fingerprint density at radius 2 is 1.75 bits per heavy atom. The molecule has 1 aliphatic heterocycles. The molecule has 0 bridgehead atoms. The average Bonchev–Trinajstić information content (AvgIpc) is 3.61. The van der Waals surface area contributed by atoms with E-state index in [1.807, 2.05) is 57.2 Å². The third-order valence-electron chi connectivity index (χ3n) is 13.0. The normalized spacial score (nSPS) is 21.7. The number of sulfonamides is 1. The third kappa shape index (κ3) is 12.8. The van der Waals surface area contributed by atoms with E-state index in [9.17, 15) is 27.6 Å². The Balaban J connectivity index is 1.17. The second-order valence-corrected chi connectivity index (χ2v) is 22.4. The number of pyridine rings is 1. The van der Waals surface area contributed by atoms with E-state index < -0.39 is 80.0 Å². The number of nitrogens with one attached hydrogen (secondary N) is 2. The summed E-state index contributed by atoms with van der Waals surface area (Å²) >= 11 is 0. The topological polar surface area (TPSA) is 206 Å². The Morgan fingerprint density at radius 3 is 2.37 bits per heavy atom. The predicted molar refractivity (Wildman–Crippen MR) is 253 cm³/mol. The van der Waals surface area contributed by atoms with E-state index in [0.717, 1.165) is 24.8 Å². The van der Waals surface area contributed by atoms with Crippen LogP contribution in [0.1, 0.15) is 113 Å². The molecule has 1 aromatic heterocycles. The lowest BCUT2D eigenvalue weighted by molar-refractivity contribution is -0.140. The predicted octanol–water partition coefficient (Wildman–Crippen LogP) is 7.98. The molecule has 4 N–H and O–H groups in total. The number of aromatic nitrogens is 1. The van der Waals surface area contributed by atoms with Crippen molar-refractivity contribution in [2.75, 3.05) is 13.7 Å². The number of likely N-dealkylation sites (tertiary alicyclic amines) is 1. The standard InChI is InChI=1S/C50H68FN5O10S/c1-29(2)64-35-19-17-33(18-20-35)40-24-34-25-42(63-9)39(51)27-38(34)46(53-40)65-36-26-41(44(52)57)56(28-36)47(59)43(54-48(60)66-49(5,6)7)31(4)23-30(3)13-10-11-14-32-15-12-16-37(32)45(58)55-67(61,62)50(8)21-22-50/h11,14,17-20,24-25,27,29-32,36-37,41,43H,10,12-13,15-16,21-23,26,28H2,1-9H3,(H2,52,57)(H,54,60)(H,55,58)/b14-11-/t30-,31-,32-,36-,37?,41+,43+/m1/s1. The number of ether oxygens (including phenoxy) is 4. The van der Waals surface area contributed by atoms with Gasteiger partial charge in [-0.15, -0.1) is 0 Å². The maximum Gasteiger partial charge on any atom is 0.408 e. The quantitative estimate of drug-likeness (QED) is 0.0983. The number of rotatable bonds is 19. The first-order valence-corrected chi connectivity index (χ1v) is 24.9. The fraction of sp³-hybridized carbons (Fsp3) is 0.580. The molecule has 2 aliphatic carbocycles. The zero-order valence-corrected chi connectivity index (χ0v) is 41.0. The highest BCUT2D eigenvalue weighted by atomic mass is 32.2. The van der Waals surface area contributed by atoms with Crippen LogP contribution in [0.15, 0.2) is 54.6 Å². The van der Waals surface area contributed by atoms with Crippen molar-refractivity contribution in [3.63, 3.8) is 0 Å². The van der Waals surface area contributed by atoms with E-state index in [2.05, 4.69) is 17.0 Å². The van der Waals surface area contributed by atoms with Crippen molar-refractivity contribution in [1.29, 1.82) is 0 Å². The van der Waals surface area contributed by atoms with Crippen LogP contribution >= 0.6 is 0 Å². The summed E-state index contributed by atoms with van der Waals surface area (Å²) in [6, 6.07) is 9.80. The number of hydrogen-bond donors (Lipinski definition) is 3. The SMILES string of the molecule is COc1cc2cc(-c3ccc(OC(C)C)cc3)nc(O[C@@H]3C[C@@H](C(N)=O)N(C(=O)[C@@H](NC(=O)OC(C)(C)C)[C@H](C)C[C@H](C)CC/C=C\[C@@H]4CCCC4C(=O)NS(=O)(=O)C4(C)CC4)C3)c2cc1F. The summed E-state index contributed by atoms with van der Waals surface area (Å²) in [6.07, 6.45) is 7.75. The molecule has 0 spiro atoms. The van der Waals surface area contributed by atoms with E-state index >= 15 is 4.39 Å². The highest BCUT2D eigenvalue weighted by molar-refractivity contribution is 7.91. The molecule has 1 unspecified atom stereocenters. The number of amides is 4. The Labute approximate surface area is 394 Å². The molecule has 2 heterocycles. The van der Waals surface area contributed by atoms with Gasteiger partial charge < -0.3 is 34.9 Å². The fourth-order valence-corrected chi connectivity index (χ4v) is 10.4. The maximum atomic E-state index is 15.2. The first kappa shape index (κ1) is 51.0. The number of nitrogens with two attached hydrogens (primary N) is 1. The number of nitrogens with zero attached hydrogens (tertiary/aromatic N) is 2. The van der Waals surface area contributed by atoms with E-state index in [-0.39, 0.29) is 42.5 Å². The van der Waals surface area contributed by atoms with Crippen LogP contribution in [0.4, 0.5) is 9.18 Å².